The molecule has 2 aliphatic carbocycles. The maximum atomic E-state index is 14.6. The van der Waals surface area contributed by atoms with Gasteiger partial charge < -0.3 is 15.0 Å². The molecule has 4 amide bonds. The van der Waals surface area contributed by atoms with Crippen LogP contribution in [0, 0.1) is 17.3 Å². The number of nitrogens with zero attached hydrogens (tertiary/aromatic N) is 3. The highest BCUT2D eigenvalue weighted by Crippen LogP contribution is 2.47. The number of rotatable bonds is 10. The van der Waals surface area contributed by atoms with Crippen molar-refractivity contribution in [3.05, 3.63) is 63.9 Å². The summed E-state index contributed by atoms with van der Waals surface area (Å²) in [5.74, 6) is -3.45. The highest BCUT2D eigenvalue weighted by atomic mass is 35.5. The lowest BCUT2D eigenvalue weighted by molar-refractivity contribution is -0.145. The molecule has 5 atom stereocenters. The third kappa shape index (κ3) is 8.13. The van der Waals surface area contributed by atoms with Crippen LogP contribution in [-0.2, 0) is 54.8 Å². The first-order chi connectivity index (χ1) is 24.7. The van der Waals surface area contributed by atoms with E-state index in [9.17, 15) is 40.8 Å². The molecule has 288 valence electrons. The van der Waals surface area contributed by atoms with E-state index in [0.717, 1.165) is 17.2 Å². The highest BCUT2D eigenvalue weighted by molar-refractivity contribution is 7.91. The van der Waals surface area contributed by atoms with Gasteiger partial charge in [0.25, 0.3) is 5.91 Å². The molecule has 0 bridgehead atoms. The van der Waals surface area contributed by atoms with Gasteiger partial charge in [-0.1, -0.05) is 57.8 Å². The zero-order valence-corrected chi connectivity index (χ0v) is 31.4. The van der Waals surface area contributed by atoms with E-state index in [4.69, 9.17) is 16.3 Å². The molecule has 1 aromatic carbocycles. The van der Waals surface area contributed by atoms with Crippen LogP contribution in [-0.4, -0.2) is 76.5 Å². The number of pyridine rings is 1. The van der Waals surface area contributed by atoms with Crippen molar-refractivity contribution in [3.63, 3.8) is 0 Å². The van der Waals surface area contributed by atoms with E-state index in [1.54, 1.807) is 32.9 Å². The minimum atomic E-state index is -4.65. The van der Waals surface area contributed by atoms with Gasteiger partial charge in [-0.05, 0) is 65.8 Å². The number of carbonyl (C=O) groups excluding carboxylic acids is 4. The molecule has 1 aromatic heterocycles. The first-order valence-electron chi connectivity index (χ1n) is 17.6. The van der Waals surface area contributed by atoms with Gasteiger partial charge in [0.15, 0.2) is 0 Å². The molecule has 2 aliphatic heterocycles. The molecule has 1 saturated heterocycles. The normalized spacial score (nSPS) is 24.7. The van der Waals surface area contributed by atoms with E-state index >= 15 is 0 Å². The van der Waals surface area contributed by atoms with Crippen molar-refractivity contribution in [2.45, 2.75) is 108 Å². The molecule has 0 radical (unpaired) electrons. The van der Waals surface area contributed by atoms with E-state index in [0.29, 0.717) is 30.5 Å². The topological polar surface area (TPSA) is 155 Å². The predicted octanol–water partition coefficient (Wildman–Crippen LogP) is 4.97. The minimum absolute atomic E-state index is 0.134. The van der Waals surface area contributed by atoms with Gasteiger partial charge in [-0.2, -0.15) is 13.2 Å². The third-order valence-corrected chi connectivity index (χ3v) is 12.9. The van der Waals surface area contributed by atoms with E-state index < -0.39 is 79.8 Å². The van der Waals surface area contributed by atoms with Crippen molar-refractivity contribution in [3.8, 4) is 0 Å². The van der Waals surface area contributed by atoms with Gasteiger partial charge in [0, 0.05) is 36.3 Å². The molecule has 2 N–H and O–H groups in total. The number of halogens is 4. The smallest absolute Gasteiger partial charge is 0.417 e. The fraction of sp³-hybridized carbons (Fsp3) is 0.583. The first kappa shape index (κ1) is 38.8. The molecule has 0 spiro atoms. The monoisotopic (exact) mass is 781 g/mol. The fourth-order valence-electron chi connectivity index (χ4n) is 7.35. The molecule has 2 saturated carbocycles. The number of alkyl halides is 3. The van der Waals surface area contributed by atoms with Crippen LogP contribution in [0.25, 0.3) is 0 Å². The first-order valence-corrected chi connectivity index (χ1v) is 19.6. The SMILES string of the molecule is CC[C@@H]1C[C@]1(NC(=O)[C@@H]1C[C@@H](OC(=O)N2Cc3cccc(Cl)c3C2)CN1C(=O)[C@@H](Cc1cncc(C(F)(F)F)c1)C(C)(C)C)C(=O)NS(=O)(=O)C1CC1. The fourth-order valence-corrected chi connectivity index (χ4v) is 8.97. The van der Waals surface area contributed by atoms with Crippen LogP contribution in [0.4, 0.5) is 18.0 Å². The molecule has 0 unspecified atom stereocenters. The number of likely N-dealkylation sites (tertiary alicyclic amines) is 1. The Morgan fingerprint density at radius 3 is 2.43 bits per heavy atom. The van der Waals surface area contributed by atoms with E-state index in [-0.39, 0.29) is 50.4 Å². The summed E-state index contributed by atoms with van der Waals surface area (Å²) in [6.07, 6.45) is -3.10. The number of amides is 4. The number of ether oxygens (including phenoxy) is 1. The number of fused-ring (bicyclic) bond motifs is 1. The Hall–Kier alpha value is -3.92. The molecule has 4 aliphatic rings. The lowest BCUT2D eigenvalue weighted by Gasteiger charge is -2.35. The molecule has 17 heteroatoms. The number of aromatic nitrogens is 1. The molecule has 12 nitrogen and oxygen atoms in total. The minimum Gasteiger partial charge on any atom is -0.444 e. The van der Waals surface area contributed by atoms with Crippen molar-refractivity contribution in [2.75, 3.05) is 6.54 Å². The number of hydrogen-bond acceptors (Lipinski definition) is 8. The molecule has 6 rings (SSSR count). The summed E-state index contributed by atoms with van der Waals surface area (Å²) in [6, 6.07) is 5.03. The van der Waals surface area contributed by atoms with E-state index in [2.05, 4.69) is 15.0 Å². The predicted molar refractivity (Wildman–Crippen MR) is 186 cm³/mol. The zero-order chi connectivity index (χ0) is 38.7. The van der Waals surface area contributed by atoms with Crippen LogP contribution in [0.5, 0.6) is 0 Å². The average molecular weight is 782 g/mol. The Balaban J connectivity index is 1.26. The van der Waals surface area contributed by atoms with Crippen molar-refractivity contribution < 1.29 is 45.5 Å². The van der Waals surface area contributed by atoms with Gasteiger partial charge in [0.1, 0.15) is 17.7 Å². The van der Waals surface area contributed by atoms with Crippen molar-refractivity contribution in [1.82, 2.24) is 24.8 Å². The number of hydrogen-bond donors (Lipinski definition) is 2. The number of benzene rings is 1. The molecular weight excluding hydrogens is 739 g/mol. The molecule has 3 heterocycles. The van der Waals surface area contributed by atoms with Gasteiger partial charge in [0.2, 0.25) is 21.8 Å². The number of carbonyl (C=O) groups is 4. The number of sulfonamides is 1. The Labute approximate surface area is 311 Å². The summed E-state index contributed by atoms with van der Waals surface area (Å²) >= 11 is 6.34. The quantitative estimate of drug-likeness (QED) is 0.343. The van der Waals surface area contributed by atoms with Crippen molar-refractivity contribution in [2.24, 2.45) is 17.3 Å². The number of nitrogens with one attached hydrogen (secondary N) is 2. The van der Waals surface area contributed by atoms with Crippen LogP contribution in [0.15, 0.2) is 36.7 Å². The van der Waals surface area contributed by atoms with Gasteiger partial charge in [-0.15, -0.1) is 0 Å². The van der Waals surface area contributed by atoms with Crippen LogP contribution in [0.2, 0.25) is 5.02 Å². The summed E-state index contributed by atoms with van der Waals surface area (Å²) < 4.78 is 74.0. The van der Waals surface area contributed by atoms with Crippen LogP contribution < -0.4 is 10.0 Å². The van der Waals surface area contributed by atoms with Crippen LogP contribution in [0.3, 0.4) is 0 Å². The summed E-state index contributed by atoms with van der Waals surface area (Å²) in [5.41, 5.74) is -1.50. The van der Waals surface area contributed by atoms with E-state index in [1.165, 1.54) is 16.0 Å². The molecular formula is C36H43ClF3N5O7S. The van der Waals surface area contributed by atoms with Crippen LogP contribution in [0.1, 0.15) is 82.1 Å². The standard InChI is InChI=1S/C36H43ClF3N5O7S/c1-5-22-14-35(22,32(48)43-53(50,51)25-9-10-25)42-30(46)29-13-24(52-33(49)44-17-21-7-6-8-28(37)26(21)19-44)18-45(29)31(47)27(34(2,3)4)12-20-11-23(16-41-15-20)36(38,39)40/h6-8,11,15-16,22,24-25,27,29H,5,9-10,12-14,17-19H2,1-4H3,(H,42,46)(H,43,48)/t22-,24-,27-,29+,35-/m1/s1. The lowest BCUT2D eigenvalue weighted by atomic mass is 9.76. The second kappa shape index (κ2) is 14.1. The lowest BCUT2D eigenvalue weighted by Crippen LogP contribution is -2.57. The summed E-state index contributed by atoms with van der Waals surface area (Å²) in [4.78, 5) is 62.1. The Bertz CT molecular complexity index is 1920. The Kier molecular flexibility index (Phi) is 10.3. The zero-order valence-electron chi connectivity index (χ0n) is 29.8. The second-order valence-corrected chi connectivity index (χ2v) is 18.0. The summed E-state index contributed by atoms with van der Waals surface area (Å²) in [6.45, 7) is 7.31. The van der Waals surface area contributed by atoms with Gasteiger partial charge in [-0.3, -0.25) is 29.0 Å². The maximum absolute atomic E-state index is 14.6. The Morgan fingerprint density at radius 2 is 1.83 bits per heavy atom. The summed E-state index contributed by atoms with van der Waals surface area (Å²) in [5, 5.41) is 2.60. The average Bonchev–Trinajstić information content (AvgIpc) is 3.97. The van der Waals surface area contributed by atoms with E-state index in [1.807, 2.05) is 13.0 Å². The molecule has 3 fully saturated rings. The van der Waals surface area contributed by atoms with Gasteiger partial charge in [-0.25, -0.2) is 13.2 Å². The highest BCUT2D eigenvalue weighted by Gasteiger charge is 2.62. The van der Waals surface area contributed by atoms with Crippen LogP contribution >= 0.6 is 11.6 Å². The molecule has 53 heavy (non-hydrogen) atoms. The third-order valence-electron chi connectivity index (χ3n) is 10.8. The molecule has 2 aromatic rings. The Morgan fingerprint density at radius 1 is 1.11 bits per heavy atom. The van der Waals surface area contributed by atoms with Crippen molar-refractivity contribution >= 4 is 45.4 Å². The second-order valence-electron chi connectivity index (χ2n) is 15.6. The largest absolute Gasteiger partial charge is 0.444 e. The van der Waals surface area contributed by atoms with Gasteiger partial charge >= 0.3 is 12.3 Å². The maximum Gasteiger partial charge on any atom is 0.417 e. The summed E-state index contributed by atoms with van der Waals surface area (Å²) in [7, 11) is -3.92. The van der Waals surface area contributed by atoms with Crippen molar-refractivity contribution in [1.29, 1.82) is 0 Å². The van der Waals surface area contributed by atoms with Gasteiger partial charge in [0.05, 0.1) is 23.9 Å².